The van der Waals surface area contributed by atoms with Crippen LogP contribution in [0.4, 0.5) is 0 Å². The van der Waals surface area contributed by atoms with E-state index in [2.05, 4.69) is 21.2 Å². The molecule has 0 saturated heterocycles. The fourth-order valence-electron chi connectivity index (χ4n) is 2.17. The van der Waals surface area contributed by atoms with Crippen LogP contribution in [0.2, 0.25) is 5.02 Å². The Kier molecular flexibility index (Phi) is 4.65. The van der Waals surface area contributed by atoms with Gasteiger partial charge in [0.15, 0.2) is 0 Å². The van der Waals surface area contributed by atoms with Crippen molar-refractivity contribution in [1.29, 1.82) is 0 Å². The van der Waals surface area contributed by atoms with Gasteiger partial charge in [-0.3, -0.25) is 4.79 Å². The molecule has 0 spiro atoms. The van der Waals surface area contributed by atoms with Crippen LogP contribution in [0.1, 0.15) is 36.0 Å². The van der Waals surface area contributed by atoms with Gasteiger partial charge in [0.2, 0.25) is 0 Å². The van der Waals surface area contributed by atoms with Gasteiger partial charge in [0.25, 0.3) is 5.91 Å². The third-order valence-electron chi connectivity index (χ3n) is 3.29. The summed E-state index contributed by atoms with van der Waals surface area (Å²) in [5.41, 5.74) is 6.47. The summed E-state index contributed by atoms with van der Waals surface area (Å²) in [6.45, 7) is 0. The van der Waals surface area contributed by atoms with Gasteiger partial charge in [-0.05, 0) is 59.8 Å². The Morgan fingerprint density at radius 3 is 2.61 bits per heavy atom. The van der Waals surface area contributed by atoms with Crippen molar-refractivity contribution in [2.75, 3.05) is 0 Å². The number of benzene rings is 1. The van der Waals surface area contributed by atoms with Gasteiger partial charge in [-0.1, -0.05) is 11.6 Å². The van der Waals surface area contributed by atoms with Crippen LogP contribution in [0, 0.1) is 0 Å². The summed E-state index contributed by atoms with van der Waals surface area (Å²) in [7, 11) is 0. The summed E-state index contributed by atoms with van der Waals surface area (Å²) in [6, 6.07) is 5.73. The van der Waals surface area contributed by atoms with Crippen LogP contribution in [-0.4, -0.2) is 18.0 Å². The molecule has 0 aliphatic heterocycles. The van der Waals surface area contributed by atoms with E-state index in [1.54, 1.807) is 18.2 Å². The number of hydrogen-bond acceptors (Lipinski definition) is 2. The topological polar surface area (TPSA) is 55.1 Å². The minimum absolute atomic E-state index is 0.0483. The van der Waals surface area contributed by atoms with Gasteiger partial charge in [0.1, 0.15) is 0 Å². The molecule has 3 N–H and O–H groups in total. The maximum absolute atomic E-state index is 12.1. The van der Waals surface area contributed by atoms with Crippen molar-refractivity contribution >= 4 is 33.4 Å². The SMILES string of the molecule is NC1CCC(NC(=O)c2ccc(Cl)c(Br)c2)CC1. The van der Waals surface area contributed by atoms with Crippen LogP contribution < -0.4 is 11.1 Å². The summed E-state index contributed by atoms with van der Waals surface area (Å²) in [5, 5.41) is 3.65. The van der Waals surface area contributed by atoms with E-state index in [1.165, 1.54) is 0 Å². The van der Waals surface area contributed by atoms with Crippen molar-refractivity contribution in [3.8, 4) is 0 Å². The number of carbonyl (C=O) groups excluding carboxylic acids is 1. The standard InChI is InChI=1S/C13H16BrClN2O/c14-11-7-8(1-6-12(11)15)13(18)17-10-4-2-9(16)3-5-10/h1,6-7,9-10H,2-5,16H2,(H,17,18). The molecule has 2 rings (SSSR count). The van der Waals surface area contributed by atoms with Crippen molar-refractivity contribution in [2.24, 2.45) is 5.73 Å². The maximum atomic E-state index is 12.1. The highest BCUT2D eigenvalue weighted by atomic mass is 79.9. The lowest BCUT2D eigenvalue weighted by atomic mass is 9.91. The Morgan fingerprint density at radius 1 is 1.33 bits per heavy atom. The van der Waals surface area contributed by atoms with Gasteiger partial charge in [0, 0.05) is 22.1 Å². The zero-order valence-corrected chi connectivity index (χ0v) is 12.3. The van der Waals surface area contributed by atoms with Crippen molar-refractivity contribution in [2.45, 2.75) is 37.8 Å². The Morgan fingerprint density at radius 2 is 2.00 bits per heavy atom. The molecule has 3 nitrogen and oxygen atoms in total. The average Bonchev–Trinajstić information content (AvgIpc) is 2.35. The first-order chi connectivity index (χ1) is 8.56. The molecule has 1 aliphatic carbocycles. The van der Waals surface area contributed by atoms with E-state index in [-0.39, 0.29) is 11.9 Å². The first kappa shape index (κ1) is 13.8. The number of hydrogen-bond donors (Lipinski definition) is 2. The average molecular weight is 332 g/mol. The number of carbonyl (C=O) groups is 1. The Hall–Kier alpha value is -0.580. The van der Waals surface area contributed by atoms with Crippen LogP contribution in [0.25, 0.3) is 0 Å². The van der Waals surface area contributed by atoms with Crippen LogP contribution in [0.15, 0.2) is 22.7 Å². The molecule has 1 amide bonds. The predicted octanol–water partition coefficient (Wildman–Crippen LogP) is 3.10. The third-order valence-corrected chi connectivity index (χ3v) is 4.50. The Balaban J connectivity index is 1.97. The lowest BCUT2D eigenvalue weighted by Crippen LogP contribution is -2.40. The molecule has 0 radical (unpaired) electrons. The quantitative estimate of drug-likeness (QED) is 0.875. The van der Waals surface area contributed by atoms with Gasteiger partial charge in [0.05, 0.1) is 5.02 Å². The second-order valence-electron chi connectivity index (χ2n) is 4.71. The highest BCUT2D eigenvalue weighted by Gasteiger charge is 2.20. The first-order valence-electron chi connectivity index (χ1n) is 6.08. The lowest BCUT2D eigenvalue weighted by molar-refractivity contribution is 0.0926. The van der Waals surface area contributed by atoms with Crippen LogP contribution in [0.5, 0.6) is 0 Å². The molecular formula is C13H16BrClN2O. The highest BCUT2D eigenvalue weighted by Crippen LogP contribution is 2.23. The summed E-state index contributed by atoms with van der Waals surface area (Å²) in [5.74, 6) is -0.0483. The molecule has 1 fully saturated rings. The molecule has 1 saturated carbocycles. The van der Waals surface area contributed by atoms with E-state index < -0.39 is 0 Å². The van der Waals surface area contributed by atoms with Gasteiger partial charge in [-0.2, -0.15) is 0 Å². The maximum Gasteiger partial charge on any atom is 0.251 e. The molecule has 18 heavy (non-hydrogen) atoms. The molecule has 98 valence electrons. The zero-order chi connectivity index (χ0) is 13.1. The highest BCUT2D eigenvalue weighted by molar-refractivity contribution is 9.10. The molecule has 0 aromatic heterocycles. The second-order valence-corrected chi connectivity index (χ2v) is 5.98. The van der Waals surface area contributed by atoms with E-state index in [1.807, 2.05) is 0 Å². The van der Waals surface area contributed by atoms with Crippen molar-refractivity contribution in [3.05, 3.63) is 33.3 Å². The molecule has 0 atom stereocenters. The van der Waals surface area contributed by atoms with Crippen LogP contribution in [-0.2, 0) is 0 Å². The molecular weight excluding hydrogens is 316 g/mol. The summed E-state index contributed by atoms with van der Waals surface area (Å²) in [4.78, 5) is 12.1. The zero-order valence-electron chi connectivity index (χ0n) is 9.96. The first-order valence-corrected chi connectivity index (χ1v) is 7.25. The largest absolute Gasteiger partial charge is 0.349 e. The van der Waals surface area contributed by atoms with Crippen LogP contribution in [0.3, 0.4) is 0 Å². The van der Waals surface area contributed by atoms with Crippen molar-refractivity contribution in [1.82, 2.24) is 5.32 Å². The smallest absolute Gasteiger partial charge is 0.251 e. The number of nitrogens with one attached hydrogen (secondary N) is 1. The van der Waals surface area contributed by atoms with Gasteiger partial charge in [-0.25, -0.2) is 0 Å². The van der Waals surface area contributed by atoms with Gasteiger partial charge in [-0.15, -0.1) is 0 Å². The summed E-state index contributed by atoms with van der Waals surface area (Å²) < 4.78 is 0.738. The number of amides is 1. The number of rotatable bonds is 2. The molecule has 1 aromatic rings. The van der Waals surface area contributed by atoms with E-state index >= 15 is 0 Å². The predicted molar refractivity (Wildman–Crippen MR) is 76.8 cm³/mol. The lowest BCUT2D eigenvalue weighted by Gasteiger charge is -2.26. The molecule has 0 bridgehead atoms. The Labute approximate surface area is 120 Å². The van der Waals surface area contributed by atoms with Gasteiger partial charge >= 0.3 is 0 Å². The molecule has 0 unspecified atom stereocenters. The Bertz CT molecular complexity index is 445. The van der Waals surface area contributed by atoms with E-state index in [4.69, 9.17) is 17.3 Å². The minimum Gasteiger partial charge on any atom is -0.349 e. The fraction of sp³-hybridized carbons (Fsp3) is 0.462. The third kappa shape index (κ3) is 3.46. The monoisotopic (exact) mass is 330 g/mol. The summed E-state index contributed by atoms with van der Waals surface area (Å²) in [6.07, 6.45) is 3.88. The van der Waals surface area contributed by atoms with E-state index in [9.17, 15) is 4.79 Å². The minimum atomic E-state index is -0.0483. The normalized spacial score (nSPS) is 23.7. The van der Waals surface area contributed by atoms with Crippen LogP contribution >= 0.6 is 27.5 Å². The van der Waals surface area contributed by atoms with Gasteiger partial charge < -0.3 is 11.1 Å². The molecule has 5 heteroatoms. The van der Waals surface area contributed by atoms with E-state index in [0.29, 0.717) is 16.6 Å². The summed E-state index contributed by atoms with van der Waals surface area (Å²) >= 11 is 9.22. The number of halogens is 2. The molecule has 1 aromatic carbocycles. The van der Waals surface area contributed by atoms with Crippen molar-refractivity contribution in [3.63, 3.8) is 0 Å². The molecule has 1 aliphatic rings. The van der Waals surface area contributed by atoms with E-state index in [0.717, 1.165) is 30.2 Å². The van der Waals surface area contributed by atoms with Crippen molar-refractivity contribution < 1.29 is 4.79 Å². The molecule has 0 heterocycles. The fourth-order valence-corrected chi connectivity index (χ4v) is 2.67. The number of nitrogens with two attached hydrogens (primary N) is 1. The second kappa shape index (κ2) is 6.04.